The van der Waals surface area contributed by atoms with Crippen molar-refractivity contribution in [3.63, 3.8) is 0 Å². The molecule has 2 heterocycles. The Morgan fingerprint density at radius 1 is 0.931 bits per heavy atom. The van der Waals surface area contributed by atoms with Crippen LogP contribution in [-0.2, 0) is 17.8 Å². The van der Waals surface area contributed by atoms with Crippen molar-refractivity contribution < 1.29 is 9.18 Å². The molecule has 0 N–H and O–H groups in total. The van der Waals surface area contributed by atoms with Crippen LogP contribution in [0.2, 0.25) is 0 Å². The van der Waals surface area contributed by atoms with Crippen molar-refractivity contribution in [1.82, 2.24) is 9.80 Å². The van der Waals surface area contributed by atoms with E-state index in [0.717, 1.165) is 63.8 Å². The Balaban J connectivity index is 1.27. The van der Waals surface area contributed by atoms with E-state index in [1.807, 2.05) is 12.1 Å². The molecule has 0 saturated carbocycles. The first-order chi connectivity index (χ1) is 14.2. The second-order valence-corrected chi connectivity index (χ2v) is 8.62. The van der Waals surface area contributed by atoms with Crippen molar-refractivity contribution in [2.24, 2.45) is 11.8 Å². The van der Waals surface area contributed by atoms with Crippen molar-refractivity contribution >= 4 is 5.91 Å². The quantitative estimate of drug-likeness (QED) is 0.744. The third kappa shape index (κ3) is 5.24. The molecule has 2 aliphatic rings. The number of likely N-dealkylation sites (tertiary alicyclic amines) is 2. The Kier molecular flexibility index (Phi) is 6.60. The summed E-state index contributed by atoms with van der Waals surface area (Å²) in [4.78, 5) is 17.4. The lowest BCUT2D eigenvalue weighted by Crippen LogP contribution is -2.47. The summed E-state index contributed by atoms with van der Waals surface area (Å²) in [7, 11) is 0. The Hall–Kier alpha value is -2.20. The normalized spacial score (nSPS) is 21.3. The molecule has 2 saturated heterocycles. The van der Waals surface area contributed by atoms with Gasteiger partial charge in [0.2, 0.25) is 5.91 Å². The standard InChI is InChI=1S/C25H31FN2O/c26-24-11-5-4-9-22(24)18-27-14-6-10-23(19-27)25(29)28-15-12-21(13-16-28)17-20-7-2-1-3-8-20/h1-5,7-9,11,21,23H,6,10,12-19H2/t23-/m1/s1. The maximum atomic E-state index is 14.0. The third-order valence-corrected chi connectivity index (χ3v) is 6.50. The highest BCUT2D eigenvalue weighted by Gasteiger charge is 2.31. The highest BCUT2D eigenvalue weighted by Crippen LogP contribution is 2.26. The number of benzene rings is 2. The Bertz CT molecular complexity index is 801. The Labute approximate surface area is 173 Å². The molecule has 2 aromatic carbocycles. The lowest BCUT2D eigenvalue weighted by Gasteiger charge is -2.38. The van der Waals surface area contributed by atoms with Crippen molar-refractivity contribution in [2.45, 2.75) is 38.6 Å². The van der Waals surface area contributed by atoms with Gasteiger partial charge >= 0.3 is 0 Å². The van der Waals surface area contributed by atoms with E-state index in [-0.39, 0.29) is 11.7 Å². The molecular formula is C25H31FN2O. The largest absolute Gasteiger partial charge is 0.342 e. The molecule has 2 aromatic rings. The van der Waals surface area contributed by atoms with Gasteiger partial charge in [-0.05, 0) is 56.2 Å². The smallest absolute Gasteiger partial charge is 0.226 e. The molecule has 4 heteroatoms. The first-order valence-corrected chi connectivity index (χ1v) is 11.0. The molecule has 154 valence electrons. The number of rotatable bonds is 5. The zero-order chi connectivity index (χ0) is 20.1. The number of piperidine rings is 2. The highest BCUT2D eigenvalue weighted by atomic mass is 19.1. The summed E-state index contributed by atoms with van der Waals surface area (Å²) < 4.78 is 14.0. The predicted octanol–water partition coefficient (Wildman–Crippen LogP) is 4.52. The zero-order valence-corrected chi connectivity index (χ0v) is 17.1. The summed E-state index contributed by atoms with van der Waals surface area (Å²) >= 11 is 0. The molecule has 0 radical (unpaired) electrons. The highest BCUT2D eigenvalue weighted by molar-refractivity contribution is 5.79. The van der Waals surface area contributed by atoms with Crippen molar-refractivity contribution in [2.75, 3.05) is 26.2 Å². The van der Waals surface area contributed by atoms with Crippen LogP contribution in [0.5, 0.6) is 0 Å². The van der Waals surface area contributed by atoms with Gasteiger partial charge in [-0.25, -0.2) is 4.39 Å². The summed E-state index contributed by atoms with van der Waals surface area (Å²) in [6.07, 6.45) is 5.26. The van der Waals surface area contributed by atoms with E-state index in [2.05, 4.69) is 40.1 Å². The Morgan fingerprint density at radius 2 is 1.66 bits per heavy atom. The molecular weight excluding hydrogens is 363 g/mol. The van der Waals surface area contributed by atoms with Gasteiger partial charge in [-0.3, -0.25) is 9.69 Å². The van der Waals surface area contributed by atoms with Crippen LogP contribution in [0.15, 0.2) is 54.6 Å². The lowest BCUT2D eigenvalue weighted by atomic mass is 9.89. The molecule has 1 atom stereocenters. The van der Waals surface area contributed by atoms with Crippen LogP contribution >= 0.6 is 0 Å². The van der Waals surface area contributed by atoms with Crippen LogP contribution < -0.4 is 0 Å². The number of hydrogen-bond donors (Lipinski definition) is 0. The molecule has 0 aliphatic carbocycles. The molecule has 0 bridgehead atoms. The predicted molar refractivity (Wildman–Crippen MR) is 114 cm³/mol. The molecule has 4 rings (SSSR count). The lowest BCUT2D eigenvalue weighted by molar-refractivity contribution is -0.138. The number of hydrogen-bond acceptors (Lipinski definition) is 2. The first kappa shape index (κ1) is 20.1. The minimum atomic E-state index is -0.151. The minimum absolute atomic E-state index is 0.0567. The van der Waals surface area contributed by atoms with Crippen molar-refractivity contribution in [1.29, 1.82) is 0 Å². The molecule has 0 spiro atoms. The van der Waals surface area contributed by atoms with Gasteiger partial charge in [0.05, 0.1) is 5.92 Å². The first-order valence-electron chi connectivity index (χ1n) is 11.0. The van der Waals surface area contributed by atoms with Crippen LogP contribution in [-0.4, -0.2) is 41.9 Å². The topological polar surface area (TPSA) is 23.6 Å². The second-order valence-electron chi connectivity index (χ2n) is 8.62. The number of carbonyl (C=O) groups excluding carboxylic acids is 1. The maximum absolute atomic E-state index is 14.0. The molecule has 0 unspecified atom stereocenters. The van der Waals surface area contributed by atoms with Crippen LogP contribution in [0, 0.1) is 17.7 Å². The van der Waals surface area contributed by atoms with Gasteiger partial charge in [0.1, 0.15) is 5.82 Å². The molecule has 2 aliphatic heterocycles. The van der Waals surface area contributed by atoms with Crippen LogP contribution in [0.1, 0.15) is 36.8 Å². The van der Waals surface area contributed by atoms with Crippen LogP contribution in [0.3, 0.4) is 0 Å². The van der Waals surface area contributed by atoms with Gasteiger partial charge in [0, 0.05) is 31.7 Å². The fourth-order valence-electron chi connectivity index (χ4n) is 4.83. The maximum Gasteiger partial charge on any atom is 0.226 e. The van der Waals surface area contributed by atoms with Crippen LogP contribution in [0.25, 0.3) is 0 Å². The average molecular weight is 395 g/mol. The minimum Gasteiger partial charge on any atom is -0.342 e. The molecule has 29 heavy (non-hydrogen) atoms. The molecule has 3 nitrogen and oxygen atoms in total. The Morgan fingerprint density at radius 3 is 2.41 bits per heavy atom. The monoisotopic (exact) mass is 394 g/mol. The summed E-state index contributed by atoms with van der Waals surface area (Å²) in [5, 5.41) is 0. The molecule has 2 fully saturated rings. The number of nitrogens with zero attached hydrogens (tertiary/aromatic N) is 2. The van der Waals surface area contributed by atoms with Gasteiger partial charge < -0.3 is 4.90 Å². The molecule has 1 amide bonds. The number of carbonyl (C=O) groups is 1. The summed E-state index contributed by atoms with van der Waals surface area (Å²) in [6.45, 7) is 4.03. The van der Waals surface area contributed by atoms with Crippen LogP contribution in [0.4, 0.5) is 4.39 Å². The van der Waals surface area contributed by atoms with Gasteiger partial charge in [-0.1, -0.05) is 48.5 Å². The van der Waals surface area contributed by atoms with Gasteiger partial charge in [-0.2, -0.15) is 0 Å². The van der Waals surface area contributed by atoms with E-state index in [1.165, 1.54) is 11.6 Å². The van der Waals surface area contributed by atoms with E-state index in [4.69, 9.17) is 0 Å². The van der Waals surface area contributed by atoms with Crippen molar-refractivity contribution in [3.8, 4) is 0 Å². The zero-order valence-electron chi connectivity index (χ0n) is 17.1. The van der Waals surface area contributed by atoms with Gasteiger partial charge in [-0.15, -0.1) is 0 Å². The van der Waals surface area contributed by atoms with E-state index in [0.29, 0.717) is 18.4 Å². The van der Waals surface area contributed by atoms with Gasteiger partial charge in [0.25, 0.3) is 0 Å². The summed E-state index contributed by atoms with van der Waals surface area (Å²) in [5.41, 5.74) is 2.12. The van der Waals surface area contributed by atoms with E-state index in [1.54, 1.807) is 6.07 Å². The number of amides is 1. The fourth-order valence-corrected chi connectivity index (χ4v) is 4.83. The number of halogens is 1. The van der Waals surface area contributed by atoms with Crippen molar-refractivity contribution in [3.05, 3.63) is 71.5 Å². The molecule has 0 aromatic heterocycles. The van der Waals surface area contributed by atoms with E-state index >= 15 is 0 Å². The fraction of sp³-hybridized carbons (Fsp3) is 0.480. The van der Waals surface area contributed by atoms with E-state index < -0.39 is 0 Å². The second kappa shape index (κ2) is 9.53. The SMILES string of the molecule is O=C([C@@H]1CCCN(Cc2ccccc2F)C1)N1CCC(Cc2ccccc2)CC1. The van der Waals surface area contributed by atoms with Gasteiger partial charge in [0.15, 0.2) is 0 Å². The van der Waals surface area contributed by atoms with E-state index in [9.17, 15) is 9.18 Å². The summed E-state index contributed by atoms with van der Waals surface area (Å²) in [5.74, 6) is 0.884. The summed E-state index contributed by atoms with van der Waals surface area (Å²) in [6, 6.07) is 17.6. The third-order valence-electron chi connectivity index (χ3n) is 6.50. The average Bonchev–Trinajstić information content (AvgIpc) is 2.76.